The van der Waals surface area contributed by atoms with E-state index in [9.17, 15) is 0 Å². The predicted molar refractivity (Wildman–Crippen MR) is 131 cm³/mol. The number of hydrogen-bond acceptors (Lipinski definition) is 3. The highest BCUT2D eigenvalue weighted by Gasteiger charge is 2.07. The van der Waals surface area contributed by atoms with Crippen LogP contribution in [0.5, 0.6) is 0 Å². The molecule has 2 N–H and O–H groups in total. The summed E-state index contributed by atoms with van der Waals surface area (Å²) in [5.74, 6) is 0. The predicted octanol–water partition coefficient (Wildman–Crippen LogP) is 5.25. The largest absolute Gasteiger partial charge is 0.331 e. The quantitative estimate of drug-likeness (QED) is 0.252. The molecule has 0 saturated carbocycles. The van der Waals surface area contributed by atoms with Crippen molar-refractivity contribution in [1.82, 2.24) is 15.0 Å². The van der Waals surface area contributed by atoms with Crippen LogP contribution in [0, 0.1) is 6.92 Å². The van der Waals surface area contributed by atoms with E-state index in [2.05, 4.69) is 64.1 Å². The van der Waals surface area contributed by atoms with E-state index in [0.717, 1.165) is 22.5 Å². The summed E-state index contributed by atoms with van der Waals surface area (Å²) >= 11 is 5.42. The minimum absolute atomic E-state index is 0.438. The first-order chi connectivity index (χ1) is 15.2. The average Bonchev–Trinajstić information content (AvgIpc) is 3.32. The first-order valence-electron chi connectivity index (χ1n) is 9.99. The molecule has 0 fully saturated rings. The van der Waals surface area contributed by atoms with Crippen molar-refractivity contribution in [3.8, 4) is 11.1 Å². The number of aromatic nitrogens is 2. The zero-order chi connectivity index (χ0) is 21.5. The molecule has 0 aliphatic rings. The second kappa shape index (κ2) is 9.82. The van der Waals surface area contributed by atoms with Crippen LogP contribution in [0.15, 0.2) is 103 Å². The minimum atomic E-state index is 0.438. The molecule has 1 heterocycles. The summed E-state index contributed by atoms with van der Waals surface area (Å²) < 4.78 is 1.97. The zero-order valence-corrected chi connectivity index (χ0v) is 18.0. The van der Waals surface area contributed by atoms with Gasteiger partial charge in [-0.1, -0.05) is 72.3 Å². The lowest BCUT2D eigenvalue weighted by molar-refractivity contribution is 0.839. The summed E-state index contributed by atoms with van der Waals surface area (Å²) in [4.78, 5) is 4.13. The normalized spacial score (nSPS) is 11.2. The van der Waals surface area contributed by atoms with Crippen LogP contribution in [0.1, 0.15) is 11.1 Å². The highest BCUT2D eigenvalue weighted by atomic mass is 32.1. The number of rotatable bonds is 6. The summed E-state index contributed by atoms with van der Waals surface area (Å²) in [6.07, 6.45) is 5.45. The Morgan fingerprint density at radius 1 is 0.935 bits per heavy atom. The van der Waals surface area contributed by atoms with Crippen LogP contribution < -0.4 is 10.7 Å². The van der Waals surface area contributed by atoms with Gasteiger partial charge in [-0.3, -0.25) is 5.43 Å². The molecule has 4 rings (SSSR count). The molecule has 1 aromatic heterocycles. The Kier molecular flexibility index (Phi) is 6.50. The van der Waals surface area contributed by atoms with Gasteiger partial charge in [0.05, 0.1) is 18.6 Å². The van der Waals surface area contributed by atoms with E-state index >= 15 is 0 Å². The Morgan fingerprint density at radius 3 is 2.32 bits per heavy atom. The van der Waals surface area contributed by atoms with Crippen molar-refractivity contribution in [2.45, 2.75) is 13.5 Å². The topological polar surface area (TPSA) is 54.2 Å². The van der Waals surface area contributed by atoms with Gasteiger partial charge in [0.1, 0.15) is 0 Å². The maximum atomic E-state index is 5.42. The molecule has 0 saturated heterocycles. The second-order valence-corrected chi connectivity index (χ2v) is 7.58. The van der Waals surface area contributed by atoms with Gasteiger partial charge in [0.15, 0.2) is 5.11 Å². The molecule has 0 aliphatic carbocycles. The molecule has 4 aromatic rings. The number of benzene rings is 3. The number of nitrogens with zero attached hydrogens (tertiary/aromatic N) is 3. The number of aryl methyl sites for hydroxylation is 1. The van der Waals surface area contributed by atoms with Crippen LogP contribution >= 0.6 is 12.2 Å². The standard InChI is InChI=1S/C25H23N5S/c1-19-7-13-23(14-8-19)27-25(31)29-28-24(17-30-16-15-26-18-30)22-11-9-21(10-12-22)20-5-3-2-4-6-20/h2-16,18H,17H2,1H3,(H2,27,29,31)/b28-24-. The highest BCUT2D eigenvalue weighted by Crippen LogP contribution is 2.19. The molecule has 6 heteroatoms. The van der Waals surface area contributed by atoms with Crippen molar-refractivity contribution >= 4 is 28.7 Å². The Balaban J connectivity index is 1.52. The maximum absolute atomic E-state index is 5.42. The first kappa shape index (κ1) is 20.5. The van der Waals surface area contributed by atoms with E-state index in [4.69, 9.17) is 12.2 Å². The summed E-state index contributed by atoms with van der Waals surface area (Å²) in [6.45, 7) is 2.63. The molecule has 154 valence electrons. The van der Waals surface area contributed by atoms with Crippen LogP contribution in [0.25, 0.3) is 11.1 Å². The third-order valence-electron chi connectivity index (χ3n) is 4.82. The third-order valence-corrected chi connectivity index (χ3v) is 5.01. The summed E-state index contributed by atoms with van der Waals surface area (Å²) in [7, 11) is 0. The van der Waals surface area contributed by atoms with E-state index in [1.807, 2.05) is 53.2 Å². The van der Waals surface area contributed by atoms with Gasteiger partial charge in [0.25, 0.3) is 0 Å². The Bertz CT molecular complexity index is 1150. The van der Waals surface area contributed by atoms with Gasteiger partial charge in [-0.25, -0.2) is 4.98 Å². The highest BCUT2D eigenvalue weighted by molar-refractivity contribution is 7.80. The number of imidazole rings is 1. The van der Waals surface area contributed by atoms with E-state index in [0.29, 0.717) is 11.7 Å². The molecular weight excluding hydrogens is 402 g/mol. The lowest BCUT2D eigenvalue weighted by Crippen LogP contribution is -2.26. The molecule has 31 heavy (non-hydrogen) atoms. The van der Waals surface area contributed by atoms with Crippen LogP contribution in [0.3, 0.4) is 0 Å². The zero-order valence-electron chi connectivity index (χ0n) is 17.2. The van der Waals surface area contributed by atoms with Crippen molar-refractivity contribution in [3.63, 3.8) is 0 Å². The first-order valence-corrected chi connectivity index (χ1v) is 10.4. The fourth-order valence-corrected chi connectivity index (χ4v) is 3.31. The van der Waals surface area contributed by atoms with Crippen molar-refractivity contribution in [1.29, 1.82) is 0 Å². The number of hydrazone groups is 1. The van der Waals surface area contributed by atoms with E-state index in [1.165, 1.54) is 11.1 Å². The summed E-state index contributed by atoms with van der Waals surface area (Å²) in [5, 5.41) is 8.20. The maximum Gasteiger partial charge on any atom is 0.191 e. The summed E-state index contributed by atoms with van der Waals surface area (Å²) in [6, 6.07) is 26.7. The molecule has 0 unspecified atom stereocenters. The summed E-state index contributed by atoms with van der Waals surface area (Å²) in [5.41, 5.74) is 9.31. The monoisotopic (exact) mass is 425 g/mol. The number of anilines is 1. The number of hydrogen-bond donors (Lipinski definition) is 2. The van der Waals surface area contributed by atoms with Crippen molar-refractivity contribution in [2.75, 3.05) is 5.32 Å². The Hall–Kier alpha value is -3.77. The Labute approximate surface area is 187 Å². The van der Waals surface area contributed by atoms with Gasteiger partial charge in [-0.15, -0.1) is 0 Å². The van der Waals surface area contributed by atoms with Crippen LogP contribution in [-0.4, -0.2) is 20.4 Å². The van der Waals surface area contributed by atoms with Gasteiger partial charge in [-0.05, 0) is 48.0 Å². The fraction of sp³-hybridized carbons (Fsp3) is 0.0800. The van der Waals surface area contributed by atoms with Gasteiger partial charge in [-0.2, -0.15) is 5.10 Å². The van der Waals surface area contributed by atoms with Gasteiger partial charge < -0.3 is 9.88 Å². The average molecular weight is 426 g/mol. The molecule has 0 aliphatic heterocycles. The SMILES string of the molecule is Cc1ccc(NC(=S)N/N=C(/Cn2ccnc2)c2ccc(-c3ccccc3)cc2)cc1. The van der Waals surface area contributed by atoms with Crippen LogP contribution in [0.2, 0.25) is 0 Å². The fourth-order valence-electron chi connectivity index (χ4n) is 3.14. The number of nitrogens with one attached hydrogen (secondary N) is 2. The molecule has 0 spiro atoms. The van der Waals surface area contributed by atoms with Gasteiger partial charge in [0.2, 0.25) is 0 Å². The molecule has 5 nitrogen and oxygen atoms in total. The van der Waals surface area contributed by atoms with Crippen LogP contribution in [-0.2, 0) is 6.54 Å². The number of thiocarbonyl (C=S) groups is 1. The van der Waals surface area contributed by atoms with Crippen molar-refractivity contribution in [3.05, 3.63) is 109 Å². The molecular formula is C25H23N5S. The van der Waals surface area contributed by atoms with Crippen LogP contribution in [0.4, 0.5) is 5.69 Å². The van der Waals surface area contributed by atoms with Crippen molar-refractivity contribution < 1.29 is 0 Å². The molecule has 0 radical (unpaired) electrons. The van der Waals surface area contributed by atoms with Gasteiger partial charge in [0, 0.05) is 18.1 Å². The van der Waals surface area contributed by atoms with E-state index < -0.39 is 0 Å². The van der Waals surface area contributed by atoms with Gasteiger partial charge >= 0.3 is 0 Å². The van der Waals surface area contributed by atoms with E-state index in [1.54, 1.807) is 12.5 Å². The lowest BCUT2D eigenvalue weighted by atomic mass is 10.0. The molecule has 0 atom stereocenters. The smallest absolute Gasteiger partial charge is 0.191 e. The second-order valence-electron chi connectivity index (χ2n) is 7.17. The molecule has 3 aromatic carbocycles. The molecule has 0 bridgehead atoms. The molecule has 0 amide bonds. The Morgan fingerprint density at radius 2 is 1.65 bits per heavy atom. The lowest BCUT2D eigenvalue weighted by Gasteiger charge is -2.12. The van der Waals surface area contributed by atoms with Crippen molar-refractivity contribution in [2.24, 2.45) is 5.10 Å². The third kappa shape index (κ3) is 5.65. The van der Waals surface area contributed by atoms with E-state index in [-0.39, 0.29) is 0 Å². The minimum Gasteiger partial charge on any atom is -0.331 e.